The number of benzene rings is 3. The van der Waals surface area contributed by atoms with Gasteiger partial charge in [0.15, 0.2) is 5.82 Å². The van der Waals surface area contributed by atoms with Gasteiger partial charge in [0.1, 0.15) is 28.8 Å². The van der Waals surface area contributed by atoms with Crippen LogP contribution in [0.2, 0.25) is 0 Å². The number of hydrogen-bond acceptors (Lipinski definition) is 4. The summed E-state index contributed by atoms with van der Waals surface area (Å²) >= 11 is 0. The molecule has 38 heavy (non-hydrogen) atoms. The SMILES string of the molecule is CC(c1nc2c(F)cc(F)cc2[nH]1)c1nc2ccc(C(=O)N3CCN(c4ccc(F)cc4)CC3)cc2n1C. The molecule has 7 nitrogen and oxygen atoms in total. The van der Waals surface area contributed by atoms with E-state index < -0.39 is 11.6 Å². The van der Waals surface area contributed by atoms with Crippen LogP contribution in [0.25, 0.3) is 22.1 Å². The lowest BCUT2D eigenvalue weighted by Gasteiger charge is -2.36. The summed E-state index contributed by atoms with van der Waals surface area (Å²) in [5, 5.41) is 0. The molecule has 1 fully saturated rings. The first-order valence-electron chi connectivity index (χ1n) is 12.4. The van der Waals surface area contributed by atoms with Crippen LogP contribution in [0.4, 0.5) is 18.9 Å². The number of carbonyl (C=O) groups excluding carboxylic acids is 1. The minimum atomic E-state index is -0.721. The summed E-state index contributed by atoms with van der Waals surface area (Å²) in [5.41, 5.74) is 3.39. The average molecular weight is 519 g/mol. The fourth-order valence-electron chi connectivity index (χ4n) is 5.12. The molecule has 6 rings (SSSR count). The van der Waals surface area contributed by atoms with Crippen molar-refractivity contribution < 1.29 is 18.0 Å². The van der Waals surface area contributed by atoms with Crippen LogP contribution in [0, 0.1) is 17.5 Å². The summed E-state index contributed by atoms with van der Waals surface area (Å²) < 4.78 is 42.9. The van der Waals surface area contributed by atoms with Gasteiger partial charge in [0, 0.05) is 50.5 Å². The molecule has 2 aromatic heterocycles. The molecule has 1 unspecified atom stereocenters. The fourth-order valence-corrected chi connectivity index (χ4v) is 5.12. The Bertz CT molecular complexity index is 1670. The lowest BCUT2D eigenvalue weighted by Crippen LogP contribution is -2.48. The van der Waals surface area contributed by atoms with E-state index in [1.165, 1.54) is 18.2 Å². The Labute approximate surface area is 216 Å². The normalized spacial score (nSPS) is 15.0. The molecule has 10 heteroatoms. The molecule has 3 aromatic carbocycles. The summed E-state index contributed by atoms with van der Waals surface area (Å²) in [5.74, 6) is -0.906. The number of aromatic amines is 1. The first-order chi connectivity index (χ1) is 18.3. The molecular weight excluding hydrogens is 493 g/mol. The number of carbonyl (C=O) groups is 1. The zero-order chi connectivity index (χ0) is 26.6. The molecule has 0 bridgehead atoms. The maximum atomic E-state index is 14.2. The summed E-state index contributed by atoms with van der Waals surface area (Å²) in [6, 6.07) is 13.8. The molecular formula is C28H25F3N6O. The van der Waals surface area contributed by atoms with E-state index in [1.807, 2.05) is 35.6 Å². The highest BCUT2D eigenvalue weighted by molar-refractivity contribution is 5.97. The second-order valence-electron chi connectivity index (χ2n) is 9.62. The smallest absolute Gasteiger partial charge is 0.254 e. The maximum absolute atomic E-state index is 14.2. The van der Waals surface area contributed by atoms with Gasteiger partial charge in [-0.25, -0.2) is 23.1 Å². The number of nitrogens with zero attached hydrogens (tertiary/aromatic N) is 5. The van der Waals surface area contributed by atoms with E-state index >= 15 is 0 Å². The lowest BCUT2D eigenvalue weighted by molar-refractivity contribution is 0.0747. The topological polar surface area (TPSA) is 70.1 Å². The number of fused-ring (bicyclic) bond motifs is 2. The van der Waals surface area contributed by atoms with Crippen molar-refractivity contribution in [2.75, 3.05) is 31.1 Å². The van der Waals surface area contributed by atoms with Crippen molar-refractivity contribution in [1.82, 2.24) is 24.4 Å². The molecule has 1 atom stereocenters. The van der Waals surface area contributed by atoms with E-state index in [1.54, 1.807) is 18.2 Å². The zero-order valence-electron chi connectivity index (χ0n) is 20.9. The highest BCUT2D eigenvalue weighted by Gasteiger charge is 2.25. The van der Waals surface area contributed by atoms with Crippen molar-refractivity contribution in [2.45, 2.75) is 12.8 Å². The Hall–Kier alpha value is -4.34. The van der Waals surface area contributed by atoms with Gasteiger partial charge < -0.3 is 19.4 Å². The zero-order valence-corrected chi connectivity index (χ0v) is 20.9. The molecule has 1 aliphatic heterocycles. The first-order valence-corrected chi connectivity index (χ1v) is 12.4. The van der Waals surface area contributed by atoms with E-state index in [0.717, 1.165) is 22.8 Å². The van der Waals surface area contributed by atoms with Crippen molar-refractivity contribution in [2.24, 2.45) is 7.05 Å². The third kappa shape index (κ3) is 4.15. The van der Waals surface area contributed by atoms with Crippen LogP contribution in [0.5, 0.6) is 0 Å². The molecule has 0 saturated carbocycles. The van der Waals surface area contributed by atoms with Crippen LogP contribution in [-0.4, -0.2) is 56.5 Å². The van der Waals surface area contributed by atoms with Crippen LogP contribution in [0.15, 0.2) is 54.6 Å². The van der Waals surface area contributed by atoms with Crippen LogP contribution < -0.4 is 4.90 Å². The number of aromatic nitrogens is 4. The van der Waals surface area contributed by atoms with Gasteiger partial charge in [0.05, 0.1) is 22.5 Å². The number of amides is 1. The highest BCUT2D eigenvalue weighted by Crippen LogP contribution is 2.28. The quantitative estimate of drug-likeness (QED) is 0.364. The van der Waals surface area contributed by atoms with Crippen LogP contribution in [0.3, 0.4) is 0 Å². The Morgan fingerprint density at radius 1 is 0.921 bits per heavy atom. The Kier molecular flexibility index (Phi) is 5.81. The van der Waals surface area contributed by atoms with Crippen molar-refractivity contribution in [3.05, 3.63) is 89.3 Å². The number of anilines is 1. The van der Waals surface area contributed by atoms with Gasteiger partial charge >= 0.3 is 0 Å². The minimum absolute atomic E-state index is 0.0590. The van der Waals surface area contributed by atoms with E-state index in [9.17, 15) is 18.0 Å². The van der Waals surface area contributed by atoms with Gasteiger partial charge in [0.2, 0.25) is 0 Å². The van der Waals surface area contributed by atoms with E-state index in [0.29, 0.717) is 43.4 Å². The molecule has 3 heterocycles. The molecule has 1 N–H and O–H groups in total. The predicted molar refractivity (Wildman–Crippen MR) is 139 cm³/mol. The number of H-pyrrole nitrogens is 1. The van der Waals surface area contributed by atoms with Crippen molar-refractivity contribution in [3.63, 3.8) is 0 Å². The molecule has 0 spiro atoms. The molecule has 1 saturated heterocycles. The second-order valence-corrected chi connectivity index (χ2v) is 9.62. The van der Waals surface area contributed by atoms with Gasteiger partial charge in [-0.15, -0.1) is 0 Å². The number of nitrogens with one attached hydrogen (secondary N) is 1. The van der Waals surface area contributed by atoms with Crippen molar-refractivity contribution in [1.29, 1.82) is 0 Å². The Morgan fingerprint density at radius 2 is 1.66 bits per heavy atom. The molecule has 0 radical (unpaired) electrons. The first kappa shape index (κ1) is 24.0. The number of piperazine rings is 1. The van der Waals surface area contributed by atoms with Gasteiger partial charge in [-0.05, 0) is 55.5 Å². The van der Waals surface area contributed by atoms with Gasteiger partial charge in [-0.3, -0.25) is 4.79 Å². The lowest BCUT2D eigenvalue weighted by atomic mass is 10.1. The Balaban J connectivity index is 1.22. The van der Waals surface area contributed by atoms with Gasteiger partial charge in [-0.2, -0.15) is 0 Å². The van der Waals surface area contributed by atoms with Crippen LogP contribution >= 0.6 is 0 Å². The van der Waals surface area contributed by atoms with Gasteiger partial charge in [0.25, 0.3) is 5.91 Å². The van der Waals surface area contributed by atoms with Crippen molar-refractivity contribution >= 4 is 33.7 Å². The Morgan fingerprint density at radius 3 is 2.39 bits per heavy atom. The summed E-state index contributed by atoms with van der Waals surface area (Å²) in [6.45, 7) is 4.33. The molecule has 1 aliphatic rings. The van der Waals surface area contributed by atoms with E-state index in [4.69, 9.17) is 4.98 Å². The standard InChI is InChI=1S/C28H25F3N6O/c1-16(26-32-23-15-19(30)14-21(31)25(23)34-26)27-33-22-8-3-17(13-24(22)35(27)2)28(38)37-11-9-36(10-12-37)20-6-4-18(29)5-7-20/h3-8,13-16H,9-12H2,1-2H3,(H,32,34). The van der Waals surface area contributed by atoms with Gasteiger partial charge in [-0.1, -0.05) is 0 Å². The predicted octanol–water partition coefficient (Wildman–Crippen LogP) is 4.98. The second kappa shape index (κ2) is 9.20. The maximum Gasteiger partial charge on any atom is 0.254 e. The minimum Gasteiger partial charge on any atom is -0.368 e. The summed E-state index contributed by atoms with van der Waals surface area (Å²) in [6.07, 6.45) is 0. The van der Waals surface area contributed by atoms with Crippen LogP contribution in [0.1, 0.15) is 34.8 Å². The highest BCUT2D eigenvalue weighted by atomic mass is 19.1. The number of aryl methyl sites for hydroxylation is 1. The number of hydrogen-bond donors (Lipinski definition) is 1. The van der Waals surface area contributed by atoms with E-state index in [-0.39, 0.29) is 28.7 Å². The third-order valence-corrected chi connectivity index (χ3v) is 7.24. The third-order valence-electron chi connectivity index (χ3n) is 7.24. The largest absolute Gasteiger partial charge is 0.368 e. The molecule has 194 valence electrons. The molecule has 0 aliphatic carbocycles. The average Bonchev–Trinajstić information content (AvgIpc) is 3.50. The van der Waals surface area contributed by atoms with Crippen molar-refractivity contribution in [3.8, 4) is 0 Å². The van der Waals surface area contributed by atoms with Crippen LogP contribution in [-0.2, 0) is 7.05 Å². The number of rotatable bonds is 4. The molecule has 5 aromatic rings. The number of imidazole rings is 2. The summed E-state index contributed by atoms with van der Waals surface area (Å²) in [7, 11) is 1.86. The monoisotopic (exact) mass is 518 g/mol. The fraction of sp³-hybridized carbons (Fsp3) is 0.250. The number of halogens is 3. The summed E-state index contributed by atoms with van der Waals surface area (Å²) in [4.78, 5) is 29.4. The molecule has 1 amide bonds. The van der Waals surface area contributed by atoms with E-state index in [2.05, 4.69) is 14.9 Å².